The molecule has 2 rings (SSSR count). The number of pyridine rings is 1. The number of nitrogens with one attached hydrogen (secondary N) is 1. The SMILES string of the molecule is COCOc1ccc(/C(C)=C/C(=O)NCc2cccnc2)cc1. The van der Waals surface area contributed by atoms with Crippen LogP contribution in [-0.4, -0.2) is 24.8 Å². The van der Waals surface area contributed by atoms with Crippen LogP contribution in [0, 0.1) is 0 Å². The summed E-state index contributed by atoms with van der Waals surface area (Å²) in [7, 11) is 1.57. The average Bonchev–Trinajstić information content (AvgIpc) is 2.59. The van der Waals surface area contributed by atoms with Crippen LogP contribution in [0.15, 0.2) is 54.9 Å². The second-order valence-electron chi connectivity index (χ2n) is 4.98. The standard InChI is InChI=1S/C18H20N2O3/c1-14(16-5-7-17(8-6-16)23-13-22-2)10-18(21)20-12-15-4-3-9-19-11-15/h3-11H,12-13H2,1-2H3,(H,20,21)/b14-10+. The summed E-state index contributed by atoms with van der Waals surface area (Å²) in [6.45, 7) is 2.57. The Morgan fingerprint density at radius 3 is 2.70 bits per heavy atom. The Morgan fingerprint density at radius 1 is 1.26 bits per heavy atom. The van der Waals surface area contributed by atoms with E-state index in [1.54, 1.807) is 25.6 Å². The number of rotatable bonds is 7. The zero-order chi connectivity index (χ0) is 16.5. The van der Waals surface area contributed by atoms with Gasteiger partial charge in [0.15, 0.2) is 6.79 Å². The van der Waals surface area contributed by atoms with Crippen molar-refractivity contribution < 1.29 is 14.3 Å². The van der Waals surface area contributed by atoms with Crippen LogP contribution in [0.25, 0.3) is 5.57 Å². The number of carbonyl (C=O) groups is 1. The molecule has 1 heterocycles. The number of aromatic nitrogens is 1. The first-order valence-electron chi connectivity index (χ1n) is 7.26. The first-order chi connectivity index (χ1) is 11.2. The number of carbonyl (C=O) groups excluding carboxylic acids is 1. The van der Waals surface area contributed by atoms with Crippen LogP contribution in [0.4, 0.5) is 0 Å². The van der Waals surface area contributed by atoms with E-state index in [1.807, 2.05) is 43.3 Å². The van der Waals surface area contributed by atoms with Crippen molar-refractivity contribution >= 4 is 11.5 Å². The number of amides is 1. The zero-order valence-electron chi connectivity index (χ0n) is 13.3. The fourth-order valence-corrected chi connectivity index (χ4v) is 1.96. The van der Waals surface area contributed by atoms with E-state index in [2.05, 4.69) is 10.3 Å². The summed E-state index contributed by atoms with van der Waals surface area (Å²) >= 11 is 0. The molecule has 120 valence electrons. The Labute approximate surface area is 136 Å². The molecule has 0 unspecified atom stereocenters. The van der Waals surface area contributed by atoms with Gasteiger partial charge in [-0.2, -0.15) is 0 Å². The van der Waals surface area contributed by atoms with Gasteiger partial charge in [0.05, 0.1) is 0 Å². The zero-order valence-corrected chi connectivity index (χ0v) is 13.3. The highest BCUT2D eigenvalue weighted by Crippen LogP contribution is 2.18. The van der Waals surface area contributed by atoms with Crippen LogP contribution in [-0.2, 0) is 16.1 Å². The molecule has 1 N–H and O–H groups in total. The Balaban J connectivity index is 1.91. The van der Waals surface area contributed by atoms with Crippen molar-refractivity contribution in [2.45, 2.75) is 13.5 Å². The second-order valence-corrected chi connectivity index (χ2v) is 4.98. The van der Waals surface area contributed by atoms with Gasteiger partial charge in [0.1, 0.15) is 5.75 Å². The maximum atomic E-state index is 12.0. The smallest absolute Gasteiger partial charge is 0.244 e. The quantitative estimate of drug-likeness (QED) is 0.631. The summed E-state index contributed by atoms with van der Waals surface area (Å²) in [6.07, 6.45) is 5.02. The molecule has 0 aliphatic rings. The molecule has 2 aromatic rings. The molecular weight excluding hydrogens is 292 g/mol. The number of hydrogen-bond acceptors (Lipinski definition) is 4. The predicted octanol–water partition coefficient (Wildman–Crippen LogP) is 2.78. The third-order valence-electron chi connectivity index (χ3n) is 3.19. The largest absolute Gasteiger partial charge is 0.468 e. The van der Waals surface area contributed by atoms with Gasteiger partial charge in [-0.3, -0.25) is 9.78 Å². The van der Waals surface area contributed by atoms with Crippen LogP contribution in [0.2, 0.25) is 0 Å². The van der Waals surface area contributed by atoms with E-state index in [0.717, 1.165) is 22.4 Å². The first-order valence-corrected chi connectivity index (χ1v) is 7.26. The van der Waals surface area contributed by atoms with E-state index in [4.69, 9.17) is 9.47 Å². The lowest BCUT2D eigenvalue weighted by atomic mass is 10.1. The first kappa shape index (κ1) is 16.7. The van der Waals surface area contributed by atoms with Crippen LogP contribution in [0.1, 0.15) is 18.1 Å². The van der Waals surface area contributed by atoms with Gasteiger partial charge < -0.3 is 14.8 Å². The van der Waals surface area contributed by atoms with Crippen LogP contribution in [0.3, 0.4) is 0 Å². The molecule has 0 bridgehead atoms. The van der Waals surface area contributed by atoms with Gasteiger partial charge in [0, 0.05) is 32.1 Å². The van der Waals surface area contributed by atoms with Gasteiger partial charge in [-0.15, -0.1) is 0 Å². The lowest BCUT2D eigenvalue weighted by Crippen LogP contribution is -2.20. The third kappa shape index (κ3) is 5.56. The van der Waals surface area contributed by atoms with Crippen LogP contribution < -0.4 is 10.1 Å². The number of methoxy groups -OCH3 is 1. The van der Waals surface area contributed by atoms with E-state index in [-0.39, 0.29) is 12.7 Å². The van der Waals surface area contributed by atoms with Gasteiger partial charge in [0.2, 0.25) is 5.91 Å². The Hall–Kier alpha value is -2.66. The molecule has 0 fully saturated rings. The van der Waals surface area contributed by atoms with Crippen molar-refractivity contribution in [2.75, 3.05) is 13.9 Å². The molecule has 5 heteroatoms. The van der Waals surface area contributed by atoms with Gasteiger partial charge in [-0.25, -0.2) is 0 Å². The Morgan fingerprint density at radius 2 is 2.04 bits per heavy atom. The van der Waals surface area contributed by atoms with Crippen molar-refractivity contribution in [3.05, 3.63) is 66.0 Å². The molecule has 0 atom stereocenters. The number of hydrogen-bond donors (Lipinski definition) is 1. The number of ether oxygens (including phenoxy) is 2. The van der Waals surface area contributed by atoms with Gasteiger partial charge in [-0.05, 0) is 41.8 Å². The fourth-order valence-electron chi connectivity index (χ4n) is 1.96. The van der Waals surface area contributed by atoms with Crippen LogP contribution >= 0.6 is 0 Å². The molecule has 0 aliphatic heterocycles. The lowest BCUT2D eigenvalue weighted by molar-refractivity contribution is -0.116. The monoisotopic (exact) mass is 312 g/mol. The molecular formula is C18H20N2O3. The molecule has 23 heavy (non-hydrogen) atoms. The summed E-state index contributed by atoms with van der Waals surface area (Å²) < 4.78 is 10.2. The second kappa shape index (κ2) is 8.70. The molecule has 0 saturated carbocycles. The molecule has 1 amide bonds. The van der Waals surface area contributed by atoms with E-state index in [0.29, 0.717) is 6.54 Å². The van der Waals surface area contributed by atoms with Crippen molar-refractivity contribution in [3.63, 3.8) is 0 Å². The molecule has 0 saturated heterocycles. The summed E-state index contributed by atoms with van der Waals surface area (Å²) in [5.41, 5.74) is 2.81. The van der Waals surface area contributed by atoms with Gasteiger partial charge in [0.25, 0.3) is 0 Å². The van der Waals surface area contributed by atoms with E-state index in [1.165, 1.54) is 0 Å². The van der Waals surface area contributed by atoms with Crippen molar-refractivity contribution in [2.24, 2.45) is 0 Å². The summed E-state index contributed by atoms with van der Waals surface area (Å²) in [4.78, 5) is 16.0. The highest BCUT2D eigenvalue weighted by molar-refractivity contribution is 5.94. The molecule has 0 radical (unpaired) electrons. The summed E-state index contributed by atoms with van der Waals surface area (Å²) in [6, 6.07) is 11.3. The van der Waals surface area contributed by atoms with Crippen LogP contribution in [0.5, 0.6) is 5.75 Å². The summed E-state index contributed by atoms with van der Waals surface area (Å²) in [5, 5.41) is 2.84. The average molecular weight is 312 g/mol. The van der Waals surface area contributed by atoms with Crippen molar-refractivity contribution in [1.29, 1.82) is 0 Å². The predicted molar refractivity (Wildman–Crippen MR) is 88.7 cm³/mol. The summed E-state index contributed by atoms with van der Waals surface area (Å²) in [5.74, 6) is 0.593. The number of benzene rings is 1. The van der Waals surface area contributed by atoms with E-state index < -0.39 is 0 Å². The third-order valence-corrected chi connectivity index (χ3v) is 3.19. The maximum Gasteiger partial charge on any atom is 0.244 e. The fraction of sp³-hybridized carbons (Fsp3) is 0.222. The minimum absolute atomic E-state index is 0.133. The van der Waals surface area contributed by atoms with Crippen molar-refractivity contribution in [1.82, 2.24) is 10.3 Å². The Kier molecular flexibility index (Phi) is 6.32. The van der Waals surface area contributed by atoms with Crippen molar-refractivity contribution in [3.8, 4) is 5.75 Å². The number of allylic oxidation sites excluding steroid dienone is 1. The van der Waals surface area contributed by atoms with Gasteiger partial charge >= 0.3 is 0 Å². The minimum Gasteiger partial charge on any atom is -0.468 e. The normalized spacial score (nSPS) is 11.1. The molecule has 5 nitrogen and oxygen atoms in total. The highest BCUT2D eigenvalue weighted by Gasteiger charge is 2.02. The molecule has 1 aromatic heterocycles. The minimum atomic E-state index is -0.133. The molecule has 1 aromatic carbocycles. The van der Waals surface area contributed by atoms with E-state index >= 15 is 0 Å². The molecule has 0 aliphatic carbocycles. The Bertz CT molecular complexity index is 652. The van der Waals surface area contributed by atoms with Gasteiger partial charge in [-0.1, -0.05) is 18.2 Å². The molecule has 0 spiro atoms. The topological polar surface area (TPSA) is 60.5 Å². The van der Waals surface area contributed by atoms with E-state index in [9.17, 15) is 4.79 Å². The number of nitrogens with zero attached hydrogens (tertiary/aromatic N) is 1. The lowest BCUT2D eigenvalue weighted by Gasteiger charge is -2.07. The highest BCUT2D eigenvalue weighted by atomic mass is 16.7. The maximum absolute atomic E-state index is 12.0.